The molecule has 4 nitrogen and oxygen atoms in total. The Labute approximate surface area is 104 Å². The molecule has 0 radical (unpaired) electrons. The highest BCUT2D eigenvalue weighted by Gasteiger charge is 2.29. The zero-order valence-electron chi connectivity index (χ0n) is 8.70. The van der Waals surface area contributed by atoms with E-state index in [4.69, 9.17) is 23.2 Å². The van der Waals surface area contributed by atoms with Crippen LogP contribution >= 0.6 is 23.2 Å². The van der Waals surface area contributed by atoms with E-state index >= 15 is 0 Å². The fourth-order valence-corrected chi connectivity index (χ4v) is 2.08. The molecule has 2 rings (SSSR count). The number of amides is 1. The van der Waals surface area contributed by atoms with Crippen LogP contribution in [0.3, 0.4) is 0 Å². The van der Waals surface area contributed by atoms with Gasteiger partial charge in [-0.3, -0.25) is 4.79 Å². The number of hydrogen-bond acceptors (Lipinski definition) is 3. The van der Waals surface area contributed by atoms with Crippen molar-refractivity contribution in [1.82, 2.24) is 9.88 Å². The molecule has 1 saturated heterocycles. The lowest BCUT2D eigenvalue weighted by Crippen LogP contribution is -2.31. The van der Waals surface area contributed by atoms with Crippen LogP contribution in [-0.4, -0.2) is 35.4 Å². The fraction of sp³-hybridized carbons (Fsp3) is 0.400. The minimum absolute atomic E-state index is 0.0628. The van der Waals surface area contributed by atoms with E-state index in [2.05, 4.69) is 10.3 Å². The Morgan fingerprint density at radius 1 is 1.56 bits per heavy atom. The Bertz CT molecular complexity index is 425. The summed E-state index contributed by atoms with van der Waals surface area (Å²) in [6.45, 7) is 0.752. The van der Waals surface area contributed by atoms with Crippen LogP contribution in [0.15, 0.2) is 12.3 Å². The molecule has 16 heavy (non-hydrogen) atoms. The van der Waals surface area contributed by atoms with Crippen molar-refractivity contribution < 1.29 is 4.79 Å². The maximum Gasteiger partial charge on any atom is 0.244 e. The van der Waals surface area contributed by atoms with Crippen LogP contribution in [0.1, 0.15) is 6.42 Å². The predicted molar refractivity (Wildman–Crippen MR) is 63.9 cm³/mol. The van der Waals surface area contributed by atoms with Gasteiger partial charge in [0.15, 0.2) is 0 Å². The van der Waals surface area contributed by atoms with Crippen LogP contribution in [0.5, 0.6) is 0 Å². The zero-order chi connectivity index (χ0) is 11.7. The molecular formula is C10H11Cl2N3O. The van der Waals surface area contributed by atoms with Gasteiger partial charge in [-0.2, -0.15) is 0 Å². The number of rotatable bonds is 2. The molecule has 0 saturated carbocycles. The van der Waals surface area contributed by atoms with Gasteiger partial charge in [-0.25, -0.2) is 4.98 Å². The van der Waals surface area contributed by atoms with Gasteiger partial charge in [-0.1, -0.05) is 23.2 Å². The molecule has 86 valence electrons. The number of hydrogen-bond donors (Lipinski definition) is 1. The van der Waals surface area contributed by atoms with Crippen molar-refractivity contribution in [1.29, 1.82) is 0 Å². The number of likely N-dealkylation sites (N-methyl/N-ethyl adjacent to an activating group) is 1. The Hall–Kier alpha value is -1.00. The number of likely N-dealkylation sites (tertiary alicyclic amines) is 1. The molecule has 1 N–H and O–H groups in total. The highest BCUT2D eigenvalue weighted by molar-refractivity contribution is 6.36. The number of aromatic nitrogens is 1. The van der Waals surface area contributed by atoms with Crippen LogP contribution in [-0.2, 0) is 4.79 Å². The first-order valence-corrected chi connectivity index (χ1v) is 5.66. The number of anilines is 1. The average Bonchev–Trinajstić information content (AvgIpc) is 2.54. The number of carbonyl (C=O) groups excluding carboxylic acids is 1. The van der Waals surface area contributed by atoms with Crippen LogP contribution in [0.2, 0.25) is 10.0 Å². The molecule has 0 bridgehead atoms. The predicted octanol–water partition coefficient (Wildman–Crippen LogP) is 2.03. The lowest BCUT2D eigenvalue weighted by Gasteiger charge is -2.13. The van der Waals surface area contributed by atoms with E-state index in [9.17, 15) is 4.79 Å². The summed E-state index contributed by atoms with van der Waals surface area (Å²) in [5, 5.41) is 3.93. The molecule has 1 aliphatic rings. The normalized spacial score (nSPS) is 20.3. The summed E-state index contributed by atoms with van der Waals surface area (Å²) in [6.07, 6.45) is 2.26. The molecular weight excluding hydrogens is 249 g/mol. The molecule has 1 aromatic rings. The van der Waals surface area contributed by atoms with E-state index in [0.29, 0.717) is 15.9 Å². The summed E-state index contributed by atoms with van der Waals surface area (Å²) in [5.74, 6) is 0.563. The first kappa shape index (κ1) is 11.5. The molecule has 0 spiro atoms. The van der Waals surface area contributed by atoms with E-state index in [1.165, 1.54) is 6.20 Å². The molecule has 1 atom stereocenters. The summed E-state index contributed by atoms with van der Waals surface area (Å²) in [5.41, 5.74) is 0. The van der Waals surface area contributed by atoms with Crippen LogP contribution < -0.4 is 5.32 Å². The molecule has 1 aromatic heterocycles. The third-order valence-electron chi connectivity index (χ3n) is 2.55. The number of pyridine rings is 1. The minimum atomic E-state index is -0.240. The SMILES string of the molecule is CN1CCC(Nc2ncc(Cl)cc2Cl)C1=O. The first-order valence-electron chi connectivity index (χ1n) is 4.90. The van der Waals surface area contributed by atoms with E-state index in [1.807, 2.05) is 0 Å². The molecule has 2 heterocycles. The topological polar surface area (TPSA) is 45.2 Å². The van der Waals surface area contributed by atoms with E-state index in [-0.39, 0.29) is 11.9 Å². The van der Waals surface area contributed by atoms with Gasteiger partial charge in [0.1, 0.15) is 11.9 Å². The largest absolute Gasteiger partial charge is 0.357 e. The molecule has 1 aliphatic heterocycles. The summed E-state index contributed by atoms with van der Waals surface area (Å²) < 4.78 is 0. The molecule has 1 amide bonds. The summed E-state index contributed by atoms with van der Waals surface area (Å²) in [6, 6.07) is 1.36. The van der Waals surface area contributed by atoms with Gasteiger partial charge in [-0.05, 0) is 12.5 Å². The summed E-state index contributed by atoms with van der Waals surface area (Å²) in [7, 11) is 1.78. The second-order valence-electron chi connectivity index (χ2n) is 3.73. The van der Waals surface area contributed by atoms with Crippen molar-refractivity contribution in [2.24, 2.45) is 0 Å². The van der Waals surface area contributed by atoms with Gasteiger partial charge >= 0.3 is 0 Å². The highest BCUT2D eigenvalue weighted by atomic mass is 35.5. The van der Waals surface area contributed by atoms with E-state index < -0.39 is 0 Å². The molecule has 0 aliphatic carbocycles. The first-order chi connectivity index (χ1) is 7.58. The van der Waals surface area contributed by atoms with E-state index in [0.717, 1.165) is 13.0 Å². The van der Waals surface area contributed by atoms with E-state index in [1.54, 1.807) is 18.0 Å². The Kier molecular flexibility index (Phi) is 3.21. The van der Waals surface area contributed by atoms with Crippen molar-refractivity contribution in [3.63, 3.8) is 0 Å². The fourth-order valence-electron chi connectivity index (χ4n) is 1.64. The van der Waals surface area contributed by atoms with Gasteiger partial charge in [0.25, 0.3) is 0 Å². The summed E-state index contributed by atoms with van der Waals surface area (Å²) in [4.78, 5) is 17.4. The standard InChI is InChI=1S/C10H11Cl2N3O/c1-15-3-2-8(10(15)16)14-9-7(12)4-6(11)5-13-9/h4-5,8H,2-3H2,1H3,(H,13,14). The zero-order valence-corrected chi connectivity index (χ0v) is 10.2. The lowest BCUT2D eigenvalue weighted by molar-refractivity contribution is -0.127. The van der Waals surface area contributed by atoms with Gasteiger partial charge < -0.3 is 10.2 Å². The van der Waals surface area contributed by atoms with Crippen molar-refractivity contribution in [2.45, 2.75) is 12.5 Å². The minimum Gasteiger partial charge on any atom is -0.357 e. The third-order valence-corrected chi connectivity index (χ3v) is 3.04. The molecule has 1 fully saturated rings. The van der Waals surface area contributed by atoms with Crippen LogP contribution in [0.25, 0.3) is 0 Å². The second-order valence-corrected chi connectivity index (χ2v) is 4.57. The van der Waals surface area contributed by atoms with Crippen LogP contribution in [0, 0.1) is 0 Å². The van der Waals surface area contributed by atoms with Gasteiger partial charge in [0.2, 0.25) is 5.91 Å². The molecule has 1 unspecified atom stereocenters. The smallest absolute Gasteiger partial charge is 0.244 e. The monoisotopic (exact) mass is 259 g/mol. The van der Waals surface area contributed by atoms with Crippen molar-refractivity contribution >= 4 is 34.9 Å². The summed E-state index contributed by atoms with van der Waals surface area (Å²) >= 11 is 11.7. The van der Waals surface area contributed by atoms with Crippen molar-refractivity contribution in [3.8, 4) is 0 Å². The Morgan fingerprint density at radius 3 is 2.88 bits per heavy atom. The number of nitrogens with zero attached hydrogens (tertiary/aromatic N) is 2. The molecule has 6 heteroatoms. The maximum atomic E-state index is 11.7. The average molecular weight is 260 g/mol. The number of carbonyl (C=O) groups is 1. The van der Waals surface area contributed by atoms with Crippen LogP contribution in [0.4, 0.5) is 5.82 Å². The number of nitrogens with one attached hydrogen (secondary N) is 1. The quantitative estimate of drug-likeness (QED) is 0.884. The van der Waals surface area contributed by atoms with Gasteiger partial charge in [-0.15, -0.1) is 0 Å². The maximum absolute atomic E-state index is 11.7. The lowest BCUT2D eigenvalue weighted by atomic mass is 10.2. The van der Waals surface area contributed by atoms with Gasteiger partial charge in [0.05, 0.1) is 10.0 Å². The molecule has 0 aromatic carbocycles. The highest BCUT2D eigenvalue weighted by Crippen LogP contribution is 2.24. The second kappa shape index (κ2) is 4.47. The third kappa shape index (κ3) is 2.23. The van der Waals surface area contributed by atoms with Gasteiger partial charge in [0, 0.05) is 19.8 Å². The Balaban J connectivity index is 2.12. The number of halogens is 2. The van der Waals surface area contributed by atoms with Crippen molar-refractivity contribution in [3.05, 3.63) is 22.3 Å². The van der Waals surface area contributed by atoms with Crippen molar-refractivity contribution in [2.75, 3.05) is 18.9 Å². The Morgan fingerprint density at radius 2 is 2.31 bits per heavy atom.